The van der Waals surface area contributed by atoms with Crippen molar-refractivity contribution in [1.29, 1.82) is 0 Å². The number of para-hydroxylation sites is 2. The number of hydrogen-bond acceptors (Lipinski definition) is 28. The molecule has 7 aromatic heterocycles. The summed E-state index contributed by atoms with van der Waals surface area (Å²) in [6.45, 7) is 4.78. The third kappa shape index (κ3) is 33.5. The van der Waals surface area contributed by atoms with Crippen LogP contribution in [-0.4, -0.2) is 231 Å². The molecule has 0 aliphatic rings. The molecule has 0 aliphatic heterocycles. The van der Waals surface area contributed by atoms with E-state index in [2.05, 4.69) is 44.4 Å². The van der Waals surface area contributed by atoms with Crippen molar-refractivity contribution in [3.8, 4) is 5.75 Å². The quantitative estimate of drug-likeness (QED) is 0.00556. The monoisotopic (exact) mass is 1870 g/mol. The number of hydrogen-bond donors (Lipinski definition) is 15. The number of imidazole rings is 7. The minimum atomic E-state index is -1.32. The fraction of sp³-hybridized carbons (Fsp3) is 0.395. The topological polar surface area (TPSA) is 507 Å². The molecule has 0 radical (unpaired) electrons. The van der Waals surface area contributed by atoms with E-state index in [4.69, 9.17) is 75.1 Å². The van der Waals surface area contributed by atoms with Crippen molar-refractivity contribution in [2.45, 2.75) is 199 Å². The molecule has 48 heteroatoms. The molecule has 0 spiro atoms. The van der Waals surface area contributed by atoms with Gasteiger partial charge in [0, 0.05) is 45.8 Å². The summed E-state index contributed by atoms with van der Waals surface area (Å²) in [6, 6.07) is 29.0. The molecular weight excluding hydrogens is 1750 g/mol. The molecule has 0 fully saturated rings. The fourth-order valence-corrected chi connectivity index (χ4v) is 14.3. The fourth-order valence-electron chi connectivity index (χ4n) is 14.3. The van der Waals surface area contributed by atoms with Crippen molar-refractivity contribution in [1.82, 2.24) is 66.9 Å². The van der Waals surface area contributed by atoms with Crippen LogP contribution in [0.4, 0.5) is 26.3 Å². The number of phenolic OH excluding ortho intramolecular Hbond substituents is 1. The Balaban J connectivity index is 0.000000193. The van der Waals surface area contributed by atoms with Crippen molar-refractivity contribution in [3.63, 3.8) is 0 Å². The van der Waals surface area contributed by atoms with E-state index in [-0.39, 0.29) is 46.5 Å². The van der Waals surface area contributed by atoms with Crippen molar-refractivity contribution >= 4 is 145 Å². The molecular formula is C86H111B7F6N14O21. The van der Waals surface area contributed by atoms with E-state index in [0.29, 0.717) is 134 Å². The number of aryl methyl sites for hydroxylation is 7. The van der Waals surface area contributed by atoms with Gasteiger partial charge in [0.2, 0.25) is 0 Å². The van der Waals surface area contributed by atoms with Gasteiger partial charge in [-0.1, -0.05) is 76.3 Å². The summed E-state index contributed by atoms with van der Waals surface area (Å²) in [4.78, 5) is 63.3. The van der Waals surface area contributed by atoms with Crippen LogP contribution < -0.4 is 0 Å². The lowest BCUT2D eigenvalue weighted by Gasteiger charge is -2.05. The number of carbonyl (C=O) groups is 3. The smallest absolute Gasteiger partial charge is 0.451 e. The number of benzene rings is 7. The van der Waals surface area contributed by atoms with Crippen molar-refractivity contribution in [3.05, 3.63) is 205 Å². The molecule has 0 unspecified atom stereocenters. The van der Waals surface area contributed by atoms with E-state index in [9.17, 15) is 45.8 Å². The lowest BCUT2D eigenvalue weighted by atomic mass is 9.83. The summed E-state index contributed by atoms with van der Waals surface area (Å²) in [5.74, 6) is -6.38. The van der Waals surface area contributed by atoms with Gasteiger partial charge in [0.05, 0.1) is 132 Å². The number of rotatable bonds is 41. The van der Waals surface area contributed by atoms with Crippen LogP contribution in [0, 0.1) is 34.9 Å². The summed E-state index contributed by atoms with van der Waals surface area (Å²) < 4.78 is 107. The number of aromatic hydroxyl groups is 1. The minimum absolute atomic E-state index is 0.0252. The molecule has 0 saturated carbocycles. The summed E-state index contributed by atoms with van der Waals surface area (Å²) in [5.41, 5.74) is 9.68. The standard InChI is InChI=1S/2C14H19BN2O4.C13H17BN2O4.C12H15BF2N2O2.2C11H13BF2N2O2.C11H15BN2O3/c1-21-14(18)11-6-5-7-12-13(11)16-10-17(12)9-4-2-3-8-15(19)20;1-21-14(18)11-5-6-13-12(9-11)16-10-17(13)8-4-2-3-7-15(19)20;1-20-13(17)10-4-5-12-11(8-10)15-9-16(12)7-3-2-6-14(18)19;14-9-4-5-10-12(11(9)15)16-8-17(10)7-3-1-2-6-13(18)19;13-8-3-4-9-11(10(8)14)15-7-16(9)6-2-1-5-12(17)18;13-8-3-4-9-11(10(8)14)16(7-15-9)6-2-1-5-12(17)18;15-10-5-3-4-9-11(10)13-8-14(9)7-2-1-6-12(16)17/h5-7,10,19-20H,2-4,8-9H2,1H3;5-6,9-10,19-20H,2-4,7-8H2,1H3;4-5,8-9,18-19H,2-3,6-7H2,1H3;4-5,8,18-19H,1-3,6-7H2;2*3-4,7,17-18H,1-2,5-6H2;3-5,8,15-17H,1-2,6-7H2. The van der Waals surface area contributed by atoms with Gasteiger partial charge in [0.1, 0.15) is 33.3 Å². The minimum Gasteiger partial charge on any atom is -0.506 e. The highest BCUT2D eigenvalue weighted by Gasteiger charge is 2.21. The second-order valence-electron chi connectivity index (χ2n) is 31.3. The van der Waals surface area contributed by atoms with E-state index in [1.54, 1.807) is 76.9 Å². The molecule has 0 atom stereocenters. The molecule has 0 saturated heterocycles. The Bertz CT molecular complexity index is 5970. The number of carbonyl (C=O) groups excluding carboxylic acids is 3. The Kier molecular flexibility index (Phi) is 45.1. The lowest BCUT2D eigenvalue weighted by molar-refractivity contribution is 0.0592. The number of methoxy groups -OCH3 is 3. The van der Waals surface area contributed by atoms with E-state index in [0.717, 1.165) is 155 Å². The SMILES string of the molecule is COC(=O)c1ccc2c(c1)ncn2CCCCB(O)O.COC(=O)c1ccc2c(c1)ncn2CCCCCB(O)O.COC(=O)c1cccc2c1ncn2CCCCCB(O)O.OB(O)CCCCCn1cnc2c(F)c(F)ccc21.OB(O)CCCCn1cnc2c(F)c(F)ccc21.OB(O)CCCCn1cnc2c(O)cccc21.OB(O)CCCCn1cnc2ccc(F)c(F)c21. The predicted molar refractivity (Wildman–Crippen MR) is 497 cm³/mol. The number of aromatic nitrogens is 14. The maximum atomic E-state index is 13.6. The average molecular weight is 1870 g/mol. The van der Waals surface area contributed by atoms with Gasteiger partial charge in [-0.25, -0.2) is 75.6 Å². The zero-order valence-electron chi connectivity index (χ0n) is 74.6. The third-order valence-corrected chi connectivity index (χ3v) is 21.3. The van der Waals surface area contributed by atoms with Crippen LogP contribution in [0.25, 0.3) is 77.2 Å². The molecule has 7 heterocycles. The number of esters is 3. The lowest BCUT2D eigenvalue weighted by Crippen LogP contribution is -2.10. The van der Waals surface area contributed by atoms with E-state index in [1.165, 1.54) is 63.1 Å². The second-order valence-corrected chi connectivity index (χ2v) is 31.3. The van der Waals surface area contributed by atoms with Crippen LogP contribution in [0.5, 0.6) is 5.75 Å². The van der Waals surface area contributed by atoms with Crippen LogP contribution >= 0.6 is 0 Å². The van der Waals surface area contributed by atoms with Gasteiger partial charge in [-0.15, -0.1) is 0 Å². The predicted octanol–water partition coefficient (Wildman–Crippen LogP) is 10.1. The summed E-state index contributed by atoms with van der Waals surface area (Å²) in [7, 11) is -4.71. The van der Waals surface area contributed by atoms with Crippen molar-refractivity contribution in [2.75, 3.05) is 21.3 Å². The summed E-state index contributed by atoms with van der Waals surface area (Å²) in [6.07, 6.45) is 27.2. The van der Waals surface area contributed by atoms with Crippen LogP contribution in [0.3, 0.4) is 0 Å². The number of ether oxygens (including phenoxy) is 3. The van der Waals surface area contributed by atoms with Gasteiger partial charge in [-0.2, -0.15) is 0 Å². The van der Waals surface area contributed by atoms with Gasteiger partial charge in [0.25, 0.3) is 0 Å². The normalized spacial score (nSPS) is 10.9. The van der Waals surface area contributed by atoms with Crippen LogP contribution in [0.2, 0.25) is 44.2 Å². The van der Waals surface area contributed by atoms with E-state index < -0.39 is 84.7 Å². The van der Waals surface area contributed by atoms with Gasteiger partial charge >= 0.3 is 67.7 Å². The first kappa shape index (κ1) is 108. The first-order valence-electron chi connectivity index (χ1n) is 43.9. The molecule has 714 valence electrons. The first-order chi connectivity index (χ1) is 64.3. The number of halogens is 6. The van der Waals surface area contributed by atoms with Gasteiger partial charge in [-0.3, -0.25) is 0 Å². The molecule has 134 heavy (non-hydrogen) atoms. The Morgan fingerprint density at radius 1 is 0.284 bits per heavy atom. The summed E-state index contributed by atoms with van der Waals surface area (Å²) >= 11 is 0. The molecule has 14 aromatic rings. The molecule has 35 nitrogen and oxygen atoms in total. The number of nitrogens with zero attached hydrogens (tertiary/aromatic N) is 14. The zero-order chi connectivity index (χ0) is 97.3. The molecule has 15 N–H and O–H groups in total. The molecule has 0 aliphatic carbocycles. The van der Waals surface area contributed by atoms with Crippen LogP contribution in [0.15, 0.2) is 153 Å². The van der Waals surface area contributed by atoms with Crippen molar-refractivity contribution in [2.24, 2.45) is 0 Å². The number of phenols is 1. The highest BCUT2D eigenvalue weighted by Crippen LogP contribution is 2.28. The zero-order valence-corrected chi connectivity index (χ0v) is 74.6. The van der Waals surface area contributed by atoms with Crippen LogP contribution in [0.1, 0.15) is 140 Å². The highest BCUT2D eigenvalue weighted by atomic mass is 19.2. The van der Waals surface area contributed by atoms with Gasteiger partial charge in [0.15, 0.2) is 34.9 Å². The molecule has 0 bridgehead atoms. The Labute approximate surface area is 770 Å². The number of unbranched alkanes of at least 4 members (excludes halogenated alkanes) is 10. The Hall–Kier alpha value is -11.5. The average Bonchev–Trinajstić information content (AvgIpc) is 2.33. The Morgan fingerprint density at radius 3 is 0.933 bits per heavy atom. The largest absolute Gasteiger partial charge is 0.506 e. The van der Waals surface area contributed by atoms with E-state index in [1.807, 2.05) is 48.6 Å². The van der Waals surface area contributed by atoms with Crippen LogP contribution in [-0.2, 0) is 60.0 Å². The summed E-state index contributed by atoms with van der Waals surface area (Å²) in [5, 5.41) is 132. The third-order valence-electron chi connectivity index (χ3n) is 21.3. The molecule has 14 rings (SSSR count). The maximum Gasteiger partial charge on any atom is 0.451 e. The maximum absolute atomic E-state index is 13.6. The first-order valence-corrected chi connectivity index (χ1v) is 43.9. The van der Waals surface area contributed by atoms with Crippen molar-refractivity contribution < 1.29 is 130 Å². The van der Waals surface area contributed by atoms with Gasteiger partial charge < -0.3 is 122 Å². The van der Waals surface area contributed by atoms with Gasteiger partial charge in [-0.05, 0) is 186 Å². The van der Waals surface area contributed by atoms with E-state index >= 15 is 0 Å². The second kappa shape index (κ2) is 56.0. The highest BCUT2D eigenvalue weighted by molar-refractivity contribution is 6.42. The molecule has 0 amide bonds. The molecule has 7 aromatic carbocycles. The number of fused-ring (bicyclic) bond motifs is 7. The Morgan fingerprint density at radius 2 is 0.560 bits per heavy atom.